The van der Waals surface area contributed by atoms with E-state index in [0.29, 0.717) is 0 Å². The summed E-state index contributed by atoms with van der Waals surface area (Å²) in [4.78, 5) is 10.0. The molecule has 0 bridgehead atoms. The number of rotatable bonds is 6. The molecule has 0 fully saturated rings. The molecule has 0 unspecified atom stereocenters. The summed E-state index contributed by atoms with van der Waals surface area (Å²) in [5.41, 5.74) is -0.00197. The van der Waals surface area contributed by atoms with Gasteiger partial charge in [0, 0.05) is 29.2 Å². The highest BCUT2D eigenvalue weighted by atomic mass is 35.5. The quantitative estimate of drug-likeness (QED) is 0.232. The largest absolute Gasteiger partial charge is 0.453 e. The van der Waals surface area contributed by atoms with Crippen LogP contribution in [0.25, 0.3) is 0 Å². The Balaban J connectivity index is 1.97. The Kier molecular flexibility index (Phi) is 7.34. The van der Waals surface area contributed by atoms with Crippen LogP contribution in [-0.2, 0) is 10.0 Å². The second-order valence-corrected chi connectivity index (χ2v) is 10.4. The third-order valence-electron chi connectivity index (χ3n) is 4.18. The maximum Gasteiger partial charge on any atom is 0.271 e. The number of anilines is 1. The summed E-state index contributed by atoms with van der Waals surface area (Å²) in [6.07, 6.45) is 0. The Morgan fingerprint density at radius 3 is 1.94 bits per heavy atom. The molecule has 0 aliphatic heterocycles. The standard InChI is InChI=1S/C19H11Cl5N2O5S/c1-25(13-5-10(20)4-11(21)6-13)32(29,30)14-8-16(23)19(17(24)9-14)31-18-3-2-12(26(27)28)7-15(18)22/h2-9H,1H3. The number of halogens is 5. The molecule has 3 rings (SSSR count). The van der Waals surface area contributed by atoms with Gasteiger partial charge in [-0.3, -0.25) is 14.4 Å². The van der Waals surface area contributed by atoms with Crippen molar-refractivity contribution in [3.8, 4) is 11.5 Å². The molecule has 3 aromatic carbocycles. The van der Waals surface area contributed by atoms with E-state index in [4.69, 9.17) is 62.7 Å². The van der Waals surface area contributed by atoms with Crippen LogP contribution < -0.4 is 9.04 Å². The zero-order chi connectivity index (χ0) is 23.8. The highest BCUT2D eigenvalue weighted by Crippen LogP contribution is 2.42. The zero-order valence-corrected chi connectivity index (χ0v) is 20.4. The molecule has 0 spiro atoms. The highest BCUT2D eigenvalue weighted by Gasteiger charge is 2.25. The van der Waals surface area contributed by atoms with Crippen molar-refractivity contribution in [3.63, 3.8) is 0 Å². The molecule has 3 aromatic rings. The number of non-ortho nitro benzene ring substituents is 1. The van der Waals surface area contributed by atoms with E-state index in [1.807, 2.05) is 0 Å². The lowest BCUT2D eigenvalue weighted by Crippen LogP contribution is -2.26. The van der Waals surface area contributed by atoms with E-state index in [2.05, 4.69) is 0 Å². The Morgan fingerprint density at radius 1 is 0.875 bits per heavy atom. The molecule has 0 radical (unpaired) electrons. The molecule has 13 heteroatoms. The van der Waals surface area contributed by atoms with Crippen molar-refractivity contribution >= 4 is 79.4 Å². The van der Waals surface area contributed by atoms with Crippen LogP contribution in [0.2, 0.25) is 25.1 Å². The molecule has 0 atom stereocenters. The van der Waals surface area contributed by atoms with Gasteiger partial charge >= 0.3 is 0 Å². The Morgan fingerprint density at radius 2 is 1.44 bits per heavy atom. The summed E-state index contributed by atoms with van der Waals surface area (Å²) < 4.78 is 32.7. The lowest BCUT2D eigenvalue weighted by molar-refractivity contribution is -0.384. The first-order valence-corrected chi connectivity index (χ1v) is 11.8. The third-order valence-corrected chi connectivity index (χ3v) is 7.24. The van der Waals surface area contributed by atoms with Crippen LogP contribution in [-0.4, -0.2) is 20.4 Å². The number of nitro benzene ring substituents is 1. The van der Waals surface area contributed by atoms with Crippen molar-refractivity contribution < 1.29 is 18.1 Å². The molecular weight excluding hydrogens is 546 g/mol. The maximum atomic E-state index is 13.1. The van der Waals surface area contributed by atoms with Gasteiger partial charge in [-0.05, 0) is 36.4 Å². The topological polar surface area (TPSA) is 89.8 Å². The fourth-order valence-electron chi connectivity index (χ4n) is 2.60. The molecule has 0 heterocycles. The van der Waals surface area contributed by atoms with Crippen molar-refractivity contribution in [2.24, 2.45) is 0 Å². The molecule has 0 aromatic heterocycles. The van der Waals surface area contributed by atoms with Gasteiger partial charge < -0.3 is 4.74 Å². The fourth-order valence-corrected chi connectivity index (χ4v) is 5.25. The average Bonchev–Trinajstić information content (AvgIpc) is 2.69. The summed E-state index contributed by atoms with van der Waals surface area (Å²) in [7, 11) is -2.77. The monoisotopic (exact) mass is 554 g/mol. The van der Waals surface area contributed by atoms with Crippen molar-refractivity contribution in [3.05, 3.63) is 83.8 Å². The van der Waals surface area contributed by atoms with E-state index in [-0.39, 0.29) is 52.9 Å². The summed E-state index contributed by atoms with van der Waals surface area (Å²) in [6, 6.07) is 10.2. The smallest absolute Gasteiger partial charge is 0.271 e. The van der Waals surface area contributed by atoms with Crippen LogP contribution in [0, 0.1) is 10.1 Å². The minimum atomic E-state index is -4.09. The summed E-state index contributed by atoms with van der Waals surface area (Å²) >= 11 is 30.4. The summed E-state index contributed by atoms with van der Waals surface area (Å²) in [6.45, 7) is 0. The first-order valence-electron chi connectivity index (χ1n) is 8.46. The maximum absolute atomic E-state index is 13.1. The summed E-state index contributed by atoms with van der Waals surface area (Å²) in [5.74, 6) is -0.0288. The van der Waals surface area contributed by atoms with E-state index in [9.17, 15) is 18.5 Å². The minimum Gasteiger partial charge on any atom is -0.453 e. The van der Waals surface area contributed by atoms with Crippen LogP contribution in [0.4, 0.5) is 11.4 Å². The number of nitrogens with zero attached hydrogens (tertiary/aromatic N) is 2. The molecule has 7 nitrogen and oxygen atoms in total. The molecule has 0 saturated carbocycles. The van der Waals surface area contributed by atoms with E-state index in [1.165, 1.54) is 37.4 Å². The number of ether oxygens (including phenoxy) is 1. The van der Waals surface area contributed by atoms with Crippen LogP contribution in [0.5, 0.6) is 11.5 Å². The lowest BCUT2D eigenvalue weighted by atomic mass is 10.3. The van der Waals surface area contributed by atoms with Crippen LogP contribution in [0.3, 0.4) is 0 Å². The number of nitro groups is 1. The molecule has 168 valence electrons. The number of benzene rings is 3. The van der Waals surface area contributed by atoms with Crippen molar-refractivity contribution in [1.29, 1.82) is 0 Å². The fraction of sp³-hybridized carbons (Fsp3) is 0.0526. The number of sulfonamides is 1. The molecule has 0 N–H and O–H groups in total. The first kappa shape index (κ1) is 24.7. The second kappa shape index (κ2) is 9.51. The van der Waals surface area contributed by atoms with Gasteiger partial charge in [-0.1, -0.05) is 58.0 Å². The Hall–Kier alpha value is -1.94. The van der Waals surface area contributed by atoms with Gasteiger partial charge in [-0.15, -0.1) is 0 Å². The molecule has 32 heavy (non-hydrogen) atoms. The van der Waals surface area contributed by atoms with Gasteiger partial charge in [-0.2, -0.15) is 0 Å². The second-order valence-electron chi connectivity index (χ2n) is 6.29. The average molecular weight is 557 g/mol. The van der Waals surface area contributed by atoms with Crippen molar-refractivity contribution in [2.75, 3.05) is 11.4 Å². The Bertz CT molecular complexity index is 1290. The molecule has 0 aliphatic carbocycles. The van der Waals surface area contributed by atoms with Gasteiger partial charge in [0.05, 0.1) is 30.6 Å². The predicted molar refractivity (Wildman–Crippen MR) is 127 cm³/mol. The Labute approximate surface area is 208 Å². The number of hydrogen-bond acceptors (Lipinski definition) is 5. The summed E-state index contributed by atoms with van der Waals surface area (Å²) in [5, 5.41) is 11.1. The van der Waals surface area contributed by atoms with E-state index >= 15 is 0 Å². The van der Waals surface area contributed by atoms with E-state index in [1.54, 1.807) is 0 Å². The minimum absolute atomic E-state index is 0.0439. The lowest BCUT2D eigenvalue weighted by Gasteiger charge is -2.21. The number of hydrogen-bond donors (Lipinski definition) is 0. The van der Waals surface area contributed by atoms with Crippen molar-refractivity contribution in [2.45, 2.75) is 4.90 Å². The SMILES string of the molecule is CN(c1cc(Cl)cc(Cl)c1)S(=O)(=O)c1cc(Cl)c(Oc2ccc([N+](=O)[O-])cc2Cl)c(Cl)c1. The zero-order valence-electron chi connectivity index (χ0n) is 15.9. The normalized spacial score (nSPS) is 11.3. The van der Waals surface area contributed by atoms with Gasteiger partial charge in [-0.25, -0.2) is 8.42 Å². The van der Waals surface area contributed by atoms with E-state index in [0.717, 1.165) is 22.5 Å². The van der Waals surface area contributed by atoms with Gasteiger partial charge in [0.25, 0.3) is 15.7 Å². The van der Waals surface area contributed by atoms with Crippen LogP contribution >= 0.6 is 58.0 Å². The van der Waals surface area contributed by atoms with Crippen LogP contribution in [0.1, 0.15) is 0 Å². The van der Waals surface area contributed by atoms with Gasteiger partial charge in [0.2, 0.25) is 0 Å². The molecular formula is C19H11Cl5N2O5S. The first-order chi connectivity index (χ1) is 14.9. The molecule has 0 aliphatic rings. The van der Waals surface area contributed by atoms with Crippen LogP contribution in [0.15, 0.2) is 53.4 Å². The van der Waals surface area contributed by atoms with Gasteiger partial charge in [0.15, 0.2) is 5.75 Å². The van der Waals surface area contributed by atoms with Crippen molar-refractivity contribution in [1.82, 2.24) is 0 Å². The molecule has 0 saturated heterocycles. The van der Waals surface area contributed by atoms with E-state index < -0.39 is 14.9 Å². The predicted octanol–water partition coefficient (Wildman–Crippen LogP) is 7.48. The third kappa shape index (κ3) is 5.17. The molecule has 0 amide bonds. The van der Waals surface area contributed by atoms with Gasteiger partial charge in [0.1, 0.15) is 5.75 Å². The highest BCUT2D eigenvalue weighted by molar-refractivity contribution is 7.92.